The summed E-state index contributed by atoms with van der Waals surface area (Å²) in [5, 5.41) is 5.76. The summed E-state index contributed by atoms with van der Waals surface area (Å²) in [4.78, 5) is 53.0. The van der Waals surface area contributed by atoms with Crippen LogP contribution in [0.5, 0.6) is 0 Å². The fourth-order valence-electron chi connectivity index (χ4n) is 4.40. The Balaban J connectivity index is 1.48. The Kier molecular flexibility index (Phi) is 7.35. The lowest BCUT2D eigenvalue weighted by molar-refractivity contribution is -0.121. The molecule has 4 rings (SSSR count). The standard InChI is InChI=1S/C25H26ClFN4O4/c1-15(32)16-12-22(31(14-16)25(35)28-18-7-5-17(26)6-8-18)24(34)29-21-10-9-19(13-20(21)27)30-11-3-2-4-23(30)33/h5-10,13,16,22H,2-4,11-12,14H2,1H3,(H,28,35)(H,29,34). The number of carbonyl (C=O) groups is 4. The number of hydrogen-bond acceptors (Lipinski definition) is 4. The van der Waals surface area contributed by atoms with Crippen LogP contribution in [0.4, 0.5) is 26.2 Å². The number of rotatable bonds is 5. The van der Waals surface area contributed by atoms with Crippen molar-refractivity contribution in [2.75, 3.05) is 28.6 Å². The number of halogens is 2. The zero-order valence-corrected chi connectivity index (χ0v) is 20.0. The Hall–Kier alpha value is -3.46. The number of anilines is 3. The Morgan fingerprint density at radius 2 is 1.80 bits per heavy atom. The third-order valence-corrected chi connectivity index (χ3v) is 6.63. The number of nitrogens with one attached hydrogen (secondary N) is 2. The van der Waals surface area contributed by atoms with Crippen LogP contribution in [0.3, 0.4) is 0 Å². The maximum atomic E-state index is 14.8. The molecule has 2 unspecified atom stereocenters. The number of piperidine rings is 1. The van der Waals surface area contributed by atoms with Crippen LogP contribution < -0.4 is 15.5 Å². The molecule has 2 heterocycles. The largest absolute Gasteiger partial charge is 0.322 e. The van der Waals surface area contributed by atoms with Crippen molar-refractivity contribution in [2.24, 2.45) is 5.92 Å². The number of carbonyl (C=O) groups excluding carboxylic acids is 4. The Bertz CT molecular complexity index is 1160. The first-order chi connectivity index (χ1) is 16.7. The molecule has 35 heavy (non-hydrogen) atoms. The molecule has 0 aromatic heterocycles. The van der Waals surface area contributed by atoms with Gasteiger partial charge in [-0.3, -0.25) is 14.4 Å². The predicted octanol–water partition coefficient (Wildman–Crippen LogP) is 4.45. The monoisotopic (exact) mass is 500 g/mol. The van der Waals surface area contributed by atoms with E-state index < -0.39 is 29.7 Å². The van der Waals surface area contributed by atoms with E-state index in [0.29, 0.717) is 29.4 Å². The first-order valence-electron chi connectivity index (χ1n) is 11.5. The Morgan fingerprint density at radius 1 is 1.06 bits per heavy atom. The van der Waals surface area contributed by atoms with Crippen molar-refractivity contribution in [3.8, 4) is 0 Å². The summed E-state index contributed by atoms with van der Waals surface area (Å²) in [7, 11) is 0. The Labute approximate surface area is 207 Å². The smallest absolute Gasteiger partial charge is 0.322 e. The minimum Gasteiger partial charge on any atom is -0.322 e. The first kappa shape index (κ1) is 24.7. The van der Waals surface area contributed by atoms with Crippen molar-refractivity contribution in [1.29, 1.82) is 0 Å². The van der Waals surface area contributed by atoms with Crippen LogP contribution in [0.1, 0.15) is 32.6 Å². The topological polar surface area (TPSA) is 98.8 Å². The summed E-state index contributed by atoms with van der Waals surface area (Å²) in [6.07, 6.45) is 2.22. The molecule has 2 fully saturated rings. The van der Waals surface area contributed by atoms with Gasteiger partial charge in [0.25, 0.3) is 0 Å². The highest BCUT2D eigenvalue weighted by Gasteiger charge is 2.41. The second-order valence-corrected chi connectivity index (χ2v) is 9.24. The fraction of sp³-hybridized carbons (Fsp3) is 0.360. The van der Waals surface area contributed by atoms with E-state index in [1.54, 1.807) is 30.3 Å². The van der Waals surface area contributed by atoms with Gasteiger partial charge < -0.3 is 20.4 Å². The minimum atomic E-state index is -0.959. The third kappa shape index (κ3) is 5.62. The molecule has 10 heteroatoms. The molecule has 2 aromatic carbocycles. The fourth-order valence-corrected chi connectivity index (χ4v) is 4.53. The van der Waals surface area contributed by atoms with E-state index in [1.165, 1.54) is 28.9 Å². The zero-order chi connectivity index (χ0) is 25.1. The molecule has 2 aromatic rings. The summed E-state index contributed by atoms with van der Waals surface area (Å²) < 4.78 is 14.8. The highest BCUT2D eigenvalue weighted by molar-refractivity contribution is 6.30. The molecule has 4 amide bonds. The van der Waals surface area contributed by atoms with Gasteiger partial charge >= 0.3 is 6.03 Å². The summed E-state index contributed by atoms with van der Waals surface area (Å²) >= 11 is 5.88. The number of hydrogen-bond donors (Lipinski definition) is 2. The SMILES string of the molecule is CC(=O)C1CC(C(=O)Nc2ccc(N3CCCCC3=O)cc2F)N(C(=O)Nc2ccc(Cl)cc2)C1. The van der Waals surface area contributed by atoms with Crippen molar-refractivity contribution in [3.05, 3.63) is 53.3 Å². The summed E-state index contributed by atoms with van der Waals surface area (Å²) in [5.41, 5.74) is 0.859. The van der Waals surface area contributed by atoms with Crippen molar-refractivity contribution < 1.29 is 23.6 Å². The molecule has 0 saturated carbocycles. The second kappa shape index (κ2) is 10.4. The van der Waals surface area contributed by atoms with Crippen molar-refractivity contribution in [1.82, 2.24) is 4.90 Å². The lowest BCUT2D eigenvalue weighted by atomic mass is 10.0. The first-order valence-corrected chi connectivity index (χ1v) is 11.8. The third-order valence-electron chi connectivity index (χ3n) is 6.38. The van der Waals surface area contributed by atoms with Gasteiger partial charge in [-0.1, -0.05) is 11.6 Å². The quantitative estimate of drug-likeness (QED) is 0.633. The lowest BCUT2D eigenvalue weighted by Crippen LogP contribution is -2.45. The van der Waals surface area contributed by atoms with E-state index in [1.807, 2.05) is 0 Å². The van der Waals surface area contributed by atoms with Gasteiger partial charge in [0, 0.05) is 41.8 Å². The van der Waals surface area contributed by atoms with Crippen LogP contribution in [0.25, 0.3) is 0 Å². The zero-order valence-electron chi connectivity index (χ0n) is 19.2. The summed E-state index contributed by atoms with van der Waals surface area (Å²) in [6, 6.07) is 9.18. The molecular weight excluding hydrogens is 475 g/mol. The number of nitrogens with zero attached hydrogens (tertiary/aromatic N) is 2. The van der Waals surface area contributed by atoms with E-state index in [2.05, 4.69) is 10.6 Å². The van der Waals surface area contributed by atoms with Crippen LogP contribution in [0.2, 0.25) is 5.02 Å². The molecule has 184 valence electrons. The summed E-state index contributed by atoms with van der Waals surface area (Å²) in [6.45, 7) is 2.02. The molecule has 2 aliphatic rings. The second-order valence-electron chi connectivity index (χ2n) is 8.80. The summed E-state index contributed by atoms with van der Waals surface area (Å²) in [5.74, 6) is -1.98. The predicted molar refractivity (Wildman–Crippen MR) is 131 cm³/mol. The molecule has 2 aliphatic heterocycles. The molecule has 8 nitrogen and oxygen atoms in total. The highest BCUT2D eigenvalue weighted by atomic mass is 35.5. The van der Waals surface area contributed by atoms with Crippen molar-refractivity contribution in [3.63, 3.8) is 0 Å². The number of Topliss-reactive ketones (excluding diaryl/α,β-unsaturated/α-hetero) is 1. The molecule has 0 radical (unpaired) electrons. The van der Waals surface area contributed by atoms with Crippen LogP contribution >= 0.6 is 11.6 Å². The molecular formula is C25H26ClFN4O4. The highest BCUT2D eigenvalue weighted by Crippen LogP contribution is 2.29. The number of urea groups is 1. The molecule has 2 atom stereocenters. The van der Waals surface area contributed by atoms with Gasteiger partial charge in [0.15, 0.2) is 0 Å². The van der Waals surface area contributed by atoms with E-state index in [4.69, 9.17) is 11.6 Å². The molecule has 0 bridgehead atoms. The number of amides is 4. The van der Waals surface area contributed by atoms with E-state index in [9.17, 15) is 23.6 Å². The lowest BCUT2D eigenvalue weighted by Gasteiger charge is -2.27. The van der Waals surface area contributed by atoms with Gasteiger partial charge in [0.05, 0.1) is 5.69 Å². The van der Waals surface area contributed by atoms with E-state index in [-0.39, 0.29) is 30.3 Å². The van der Waals surface area contributed by atoms with E-state index in [0.717, 1.165) is 12.8 Å². The van der Waals surface area contributed by atoms with Gasteiger partial charge in [0.2, 0.25) is 11.8 Å². The molecule has 2 N–H and O–H groups in total. The molecule has 0 aliphatic carbocycles. The van der Waals surface area contributed by atoms with Crippen LogP contribution in [-0.2, 0) is 14.4 Å². The minimum absolute atomic E-state index is 0.0593. The average Bonchev–Trinajstić information content (AvgIpc) is 3.29. The normalized spacial score (nSPS) is 20.0. The van der Waals surface area contributed by atoms with Gasteiger partial charge in [-0.15, -0.1) is 0 Å². The van der Waals surface area contributed by atoms with Gasteiger partial charge in [-0.25, -0.2) is 9.18 Å². The maximum absolute atomic E-state index is 14.8. The van der Waals surface area contributed by atoms with Gasteiger partial charge in [-0.2, -0.15) is 0 Å². The average molecular weight is 501 g/mol. The molecule has 2 saturated heterocycles. The van der Waals surface area contributed by atoms with E-state index >= 15 is 0 Å². The van der Waals surface area contributed by atoms with Crippen LogP contribution in [0, 0.1) is 11.7 Å². The molecule has 0 spiro atoms. The van der Waals surface area contributed by atoms with Gasteiger partial charge in [-0.05, 0) is 68.7 Å². The number of benzene rings is 2. The van der Waals surface area contributed by atoms with Crippen LogP contribution in [0.15, 0.2) is 42.5 Å². The van der Waals surface area contributed by atoms with Gasteiger partial charge in [0.1, 0.15) is 17.6 Å². The Morgan fingerprint density at radius 3 is 2.46 bits per heavy atom. The van der Waals surface area contributed by atoms with Crippen LogP contribution in [-0.4, -0.2) is 47.7 Å². The van der Waals surface area contributed by atoms with Crippen molar-refractivity contribution in [2.45, 2.75) is 38.6 Å². The van der Waals surface area contributed by atoms with Crippen molar-refractivity contribution >= 4 is 52.3 Å². The number of likely N-dealkylation sites (tertiary alicyclic amines) is 1. The maximum Gasteiger partial charge on any atom is 0.322 e. The number of ketones is 1.